The summed E-state index contributed by atoms with van der Waals surface area (Å²) in [5.41, 5.74) is 0.0904. The number of halogens is 2. The fourth-order valence-electron chi connectivity index (χ4n) is 2.12. The van der Waals surface area contributed by atoms with Crippen LogP contribution in [0.1, 0.15) is 10.4 Å². The van der Waals surface area contributed by atoms with E-state index in [0.29, 0.717) is 30.7 Å². The first-order chi connectivity index (χ1) is 9.13. The number of carbonyl (C=O) groups is 1. The average molecular weight is 331 g/mol. The highest BCUT2D eigenvalue weighted by Crippen LogP contribution is 2.22. The zero-order valence-electron chi connectivity index (χ0n) is 10.7. The van der Waals surface area contributed by atoms with Crippen LogP contribution in [0.15, 0.2) is 22.7 Å². The van der Waals surface area contributed by atoms with Crippen LogP contribution >= 0.6 is 15.9 Å². The van der Waals surface area contributed by atoms with Crippen LogP contribution in [0.4, 0.5) is 4.39 Å². The predicted molar refractivity (Wildman–Crippen MR) is 73.7 cm³/mol. The first-order valence-electron chi connectivity index (χ1n) is 6.13. The third-order valence-corrected chi connectivity index (χ3v) is 3.70. The van der Waals surface area contributed by atoms with Crippen molar-refractivity contribution in [3.8, 4) is 0 Å². The van der Waals surface area contributed by atoms with E-state index in [4.69, 9.17) is 4.74 Å². The van der Waals surface area contributed by atoms with Gasteiger partial charge in [-0.1, -0.05) is 6.07 Å². The molecule has 104 valence electrons. The van der Waals surface area contributed by atoms with E-state index in [1.807, 2.05) is 7.05 Å². The summed E-state index contributed by atoms with van der Waals surface area (Å²) >= 11 is 3.23. The maximum absolute atomic E-state index is 13.8. The molecular formula is C13H16BrFN2O2. The summed E-state index contributed by atoms with van der Waals surface area (Å²) < 4.78 is 19.8. The van der Waals surface area contributed by atoms with Crippen molar-refractivity contribution in [3.63, 3.8) is 0 Å². The summed E-state index contributed by atoms with van der Waals surface area (Å²) in [7, 11) is 1.83. The molecule has 0 aromatic heterocycles. The van der Waals surface area contributed by atoms with Gasteiger partial charge in [-0.15, -0.1) is 0 Å². The highest BCUT2D eigenvalue weighted by atomic mass is 79.9. The van der Waals surface area contributed by atoms with Crippen LogP contribution in [0.3, 0.4) is 0 Å². The summed E-state index contributed by atoms with van der Waals surface area (Å²) in [6.07, 6.45) is -0.0479. The molecule has 19 heavy (non-hydrogen) atoms. The van der Waals surface area contributed by atoms with Crippen LogP contribution in [0.2, 0.25) is 0 Å². The van der Waals surface area contributed by atoms with E-state index in [0.717, 1.165) is 0 Å². The lowest BCUT2D eigenvalue weighted by molar-refractivity contribution is -0.0198. The zero-order chi connectivity index (χ0) is 13.8. The van der Waals surface area contributed by atoms with E-state index in [1.165, 1.54) is 6.07 Å². The Hall–Kier alpha value is -0.980. The molecule has 0 radical (unpaired) electrons. The van der Waals surface area contributed by atoms with Gasteiger partial charge in [-0.3, -0.25) is 4.79 Å². The van der Waals surface area contributed by atoms with E-state index in [-0.39, 0.29) is 17.6 Å². The van der Waals surface area contributed by atoms with Gasteiger partial charge in [0.2, 0.25) is 0 Å². The maximum Gasteiger partial charge on any atom is 0.258 e. The van der Waals surface area contributed by atoms with E-state index in [9.17, 15) is 9.18 Å². The Morgan fingerprint density at radius 2 is 2.42 bits per heavy atom. The molecule has 1 saturated heterocycles. The van der Waals surface area contributed by atoms with Crippen LogP contribution < -0.4 is 5.32 Å². The average Bonchev–Trinajstić information content (AvgIpc) is 2.39. The standard InChI is InChI=1S/C13H16BrFN2O2/c1-16-7-9-8-17(5-6-19-9)13(18)12-10(14)3-2-4-11(12)15/h2-4,9,16H,5-8H2,1H3. The highest BCUT2D eigenvalue weighted by molar-refractivity contribution is 9.10. The Balaban J connectivity index is 2.15. The summed E-state index contributed by atoms with van der Waals surface area (Å²) in [6, 6.07) is 4.53. The van der Waals surface area contributed by atoms with Crippen molar-refractivity contribution in [1.29, 1.82) is 0 Å². The lowest BCUT2D eigenvalue weighted by Crippen LogP contribution is -2.48. The van der Waals surface area contributed by atoms with Crippen molar-refractivity contribution in [2.75, 3.05) is 33.3 Å². The van der Waals surface area contributed by atoms with Gasteiger partial charge >= 0.3 is 0 Å². The van der Waals surface area contributed by atoms with Crippen LogP contribution in [0.5, 0.6) is 0 Å². The molecule has 2 rings (SSSR count). The largest absolute Gasteiger partial charge is 0.373 e. The summed E-state index contributed by atoms with van der Waals surface area (Å²) in [5.74, 6) is -0.801. The van der Waals surface area contributed by atoms with Gasteiger partial charge in [0.1, 0.15) is 5.82 Å². The van der Waals surface area contributed by atoms with Crippen molar-refractivity contribution in [2.24, 2.45) is 0 Å². The number of hydrogen-bond acceptors (Lipinski definition) is 3. The third-order valence-electron chi connectivity index (χ3n) is 3.03. The number of amides is 1. The number of hydrogen-bond donors (Lipinski definition) is 1. The number of likely N-dealkylation sites (N-methyl/N-ethyl adjacent to an activating group) is 1. The van der Waals surface area contributed by atoms with Crippen molar-refractivity contribution >= 4 is 21.8 Å². The fraction of sp³-hybridized carbons (Fsp3) is 0.462. The lowest BCUT2D eigenvalue weighted by Gasteiger charge is -2.33. The van der Waals surface area contributed by atoms with Crippen LogP contribution in [-0.2, 0) is 4.74 Å². The van der Waals surface area contributed by atoms with Gasteiger partial charge in [0.05, 0.1) is 18.3 Å². The van der Waals surface area contributed by atoms with Crippen molar-refractivity contribution in [2.45, 2.75) is 6.10 Å². The van der Waals surface area contributed by atoms with Gasteiger partial charge in [-0.25, -0.2) is 4.39 Å². The third kappa shape index (κ3) is 3.32. The van der Waals surface area contributed by atoms with Crippen molar-refractivity contribution < 1.29 is 13.9 Å². The quantitative estimate of drug-likeness (QED) is 0.916. The molecule has 1 unspecified atom stereocenters. The fourth-order valence-corrected chi connectivity index (χ4v) is 2.63. The molecule has 1 amide bonds. The van der Waals surface area contributed by atoms with E-state index >= 15 is 0 Å². The summed E-state index contributed by atoms with van der Waals surface area (Å²) in [4.78, 5) is 14.0. The van der Waals surface area contributed by atoms with Crippen LogP contribution in [0, 0.1) is 5.82 Å². The molecular weight excluding hydrogens is 315 g/mol. The molecule has 1 aromatic carbocycles. The normalized spacial score (nSPS) is 19.5. The monoisotopic (exact) mass is 330 g/mol. The van der Waals surface area contributed by atoms with Crippen LogP contribution in [-0.4, -0.2) is 50.2 Å². The van der Waals surface area contributed by atoms with Gasteiger partial charge in [0, 0.05) is 24.1 Å². The molecule has 6 heteroatoms. The second-order valence-electron chi connectivity index (χ2n) is 4.40. The number of ether oxygens (including phenoxy) is 1. The summed E-state index contributed by atoms with van der Waals surface area (Å²) in [6.45, 7) is 2.10. The number of rotatable bonds is 3. The molecule has 1 aliphatic heterocycles. The molecule has 0 bridgehead atoms. The van der Waals surface area contributed by atoms with Gasteiger partial charge in [-0.05, 0) is 35.1 Å². The Morgan fingerprint density at radius 3 is 3.11 bits per heavy atom. The molecule has 1 aliphatic rings. The highest BCUT2D eigenvalue weighted by Gasteiger charge is 2.27. The molecule has 1 heterocycles. The van der Waals surface area contributed by atoms with E-state index in [1.54, 1.807) is 17.0 Å². The SMILES string of the molecule is CNCC1CN(C(=O)c2c(F)cccc2Br)CCO1. The van der Waals surface area contributed by atoms with E-state index < -0.39 is 5.82 Å². The molecule has 1 atom stereocenters. The second-order valence-corrected chi connectivity index (χ2v) is 5.25. The molecule has 4 nitrogen and oxygen atoms in total. The van der Waals surface area contributed by atoms with Gasteiger partial charge in [0.15, 0.2) is 0 Å². The minimum absolute atomic E-state index is 0.0479. The zero-order valence-corrected chi connectivity index (χ0v) is 12.2. The summed E-state index contributed by atoms with van der Waals surface area (Å²) in [5, 5.41) is 3.01. The minimum Gasteiger partial charge on any atom is -0.373 e. The molecule has 0 aliphatic carbocycles. The number of nitrogens with zero attached hydrogens (tertiary/aromatic N) is 1. The smallest absolute Gasteiger partial charge is 0.258 e. The Bertz CT molecular complexity index is 448. The van der Waals surface area contributed by atoms with E-state index in [2.05, 4.69) is 21.2 Å². The van der Waals surface area contributed by atoms with Crippen LogP contribution in [0.25, 0.3) is 0 Å². The van der Waals surface area contributed by atoms with Crippen molar-refractivity contribution in [1.82, 2.24) is 10.2 Å². The van der Waals surface area contributed by atoms with Gasteiger partial charge in [-0.2, -0.15) is 0 Å². The number of benzene rings is 1. The topological polar surface area (TPSA) is 41.6 Å². The minimum atomic E-state index is -0.504. The Morgan fingerprint density at radius 1 is 1.63 bits per heavy atom. The maximum atomic E-state index is 13.8. The Kier molecular flexibility index (Phi) is 4.90. The number of carbonyl (C=O) groups excluding carboxylic acids is 1. The first kappa shape index (κ1) is 14.4. The lowest BCUT2D eigenvalue weighted by atomic mass is 10.1. The van der Waals surface area contributed by atoms with Gasteiger partial charge in [0.25, 0.3) is 5.91 Å². The second kappa shape index (κ2) is 6.45. The predicted octanol–water partition coefficient (Wildman–Crippen LogP) is 1.65. The molecule has 0 saturated carbocycles. The Labute approximate surface area is 120 Å². The first-order valence-corrected chi connectivity index (χ1v) is 6.92. The molecule has 1 aromatic rings. The number of morpholine rings is 1. The molecule has 1 N–H and O–H groups in total. The van der Waals surface area contributed by atoms with Gasteiger partial charge < -0.3 is 15.0 Å². The molecule has 1 fully saturated rings. The number of nitrogens with one attached hydrogen (secondary N) is 1. The van der Waals surface area contributed by atoms with Crippen molar-refractivity contribution in [3.05, 3.63) is 34.1 Å². The molecule has 0 spiro atoms.